The maximum Gasteiger partial charge on any atom is 0.163 e. The summed E-state index contributed by atoms with van der Waals surface area (Å²) in [4.78, 5) is 11.8. The third-order valence-corrected chi connectivity index (χ3v) is 3.24. The molecule has 0 unspecified atom stereocenters. The van der Waals surface area contributed by atoms with Gasteiger partial charge in [-0.05, 0) is 43.4 Å². The van der Waals surface area contributed by atoms with E-state index in [1.807, 2.05) is 18.2 Å². The Kier molecular flexibility index (Phi) is 4.76. The zero-order valence-electron chi connectivity index (χ0n) is 10.9. The van der Waals surface area contributed by atoms with Crippen LogP contribution in [0.15, 0.2) is 18.2 Å². The van der Waals surface area contributed by atoms with Crippen molar-refractivity contribution in [2.45, 2.75) is 32.1 Å². The van der Waals surface area contributed by atoms with Gasteiger partial charge in [0.05, 0.1) is 6.61 Å². The van der Waals surface area contributed by atoms with E-state index in [-0.39, 0.29) is 5.78 Å². The van der Waals surface area contributed by atoms with Crippen LogP contribution in [-0.4, -0.2) is 26.1 Å². The molecule has 2 rings (SSSR count). The monoisotopic (exact) mass is 248 g/mol. The van der Waals surface area contributed by atoms with Gasteiger partial charge in [-0.3, -0.25) is 4.79 Å². The van der Waals surface area contributed by atoms with Crippen LogP contribution in [0.3, 0.4) is 0 Å². The van der Waals surface area contributed by atoms with Crippen LogP contribution in [0.25, 0.3) is 0 Å². The molecule has 3 nitrogen and oxygen atoms in total. The van der Waals surface area contributed by atoms with Gasteiger partial charge >= 0.3 is 0 Å². The van der Waals surface area contributed by atoms with E-state index in [0.717, 1.165) is 49.2 Å². The minimum atomic E-state index is 0.251. The van der Waals surface area contributed by atoms with E-state index in [9.17, 15) is 4.79 Å². The first-order valence-electron chi connectivity index (χ1n) is 6.59. The van der Waals surface area contributed by atoms with Crippen molar-refractivity contribution in [3.05, 3.63) is 29.3 Å². The molecule has 3 heteroatoms. The maximum absolute atomic E-state index is 11.8. The van der Waals surface area contributed by atoms with Gasteiger partial charge in [0.15, 0.2) is 5.78 Å². The smallest absolute Gasteiger partial charge is 0.163 e. The molecule has 0 spiro atoms. The topological polar surface area (TPSA) is 35.5 Å². The highest BCUT2D eigenvalue weighted by Gasteiger charge is 2.17. The van der Waals surface area contributed by atoms with Crippen LogP contribution in [0.2, 0.25) is 0 Å². The molecule has 0 atom stereocenters. The average molecular weight is 248 g/mol. The minimum absolute atomic E-state index is 0.251. The van der Waals surface area contributed by atoms with Gasteiger partial charge in [-0.1, -0.05) is 6.07 Å². The quantitative estimate of drug-likeness (QED) is 0.726. The lowest BCUT2D eigenvalue weighted by Crippen LogP contribution is -2.11. The summed E-state index contributed by atoms with van der Waals surface area (Å²) in [5.41, 5.74) is 2.02. The Bertz CT molecular complexity index is 412. The molecule has 1 aliphatic rings. The van der Waals surface area contributed by atoms with Gasteiger partial charge in [0.1, 0.15) is 5.75 Å². The van der Waals surface area contributed by atoms with Gasteiger partial charge in [-0.15, -0.1) is 0 Å². The molecule has 0 aliphatic heterocycles. The molecule has 98 valence electrons. The van der Waals surface area contributed by atoms with Gasteiger partial charge in [0, 0.05) is 25.7 Å². The Hall–Kier alpha value is -1.35. The number of carbonyl (C=O) groups excluding carboxylic acids is 1. The van der Waals surface area contributed by atoms with Crippen molar-refractivity contribution in [1.29, 1.82) is 0 Å². The molecule has 1 aromatic carbocycles. The van der Waals surface area contributed by atoms with Crippen molar-refractivity contribution in [2.75, 3.05) is 20.3 Å². The van der Waals surface area contributed by atoms with E-state index in [1.165, 1.54) is 0 Å². The second-order valence-corrected chi connectivity index (χ2v) is 4.64. The largest absolute Gasteiger partial charge is 0.494 e. The second kappa shape index (κ2) is 6.55. The lowest BCUT2D eigenvalue weighted by molar-refractivity contribution is 0.0972. The van der Waals surface area contributed by atoms with Crippen molar-refractivity contribution in [2.24, 2.45) is 0 Å². The van der Waals surface area contributed by atoms with Crippen LogP contribution in [0, 0.1) is 0 Å². The molecular formula is C15H20O3. The van der Waals surface area contributed by atoms with Gasteiger partial charge in [0.2, 0.25) is 0 Å². The molecular weight excluding hydrogens is 228 g/mol. The number of ketones is 1. The van der Waals surface area contributed by atoms with Gasteiger partial charge < -0.3 is 9.47 Å². The van der Waals surface area contributed by atoms with Crippen molar-refractivity contribution in [3.8, 4) is 5.75 Å². The predicted octanol–water partition coefficient (Wildman–Crippen LogP) is 3.01. The number of methoxy groups -OCH3 is 1. The molecule has 1 aromatic rings. The van der Waals surface area contributed by atoms with Crippen LogP contribution >= 0.6 is 0 Å². The highest BCUT2D eigenvalue weighted by molar-refractivity contribution is 5.98. The summed E-state index contributed by atoms with van der Waals surface area (Å²) in [7, 11) is 1.70. The Morgan fingerprint density at radius 2 is 2.00 bits per heavy atom. The summed E-state index contributed by atoms with van der Waals surface area (Å²) in [5.74, 6) is 1.06. The van der Waals surface area contributed by atoms with Crippen molar-refractivity contribution < 1.29 is 14.3 Å². The summed E-state index contributed by atoms with van der Waals surface area (Å²) in [5, 5.41) is 0. The molecule has 18 heavy (non-hydrogen) atoms. The summed E-state index contributed by atoms with van der Waals surface area (Å²) < 4.78 is 10.6. The molecule has 0 saturated heterocycles. The summed E-state index contributed by atoms with van der Waals surface area (Å²) in [6.45, 7) is 1.45. The number of ether oxygens (including phenoxy) is 2. The van der Waals surface area contributed by atoms with Crippen LogP contribution in [-0.2, 0) is 11.2 Å². The van der Waals surface area contributed by atoms with Gasteiger partial charge in [-0.2, -0.15) is 0 Å². The van der Waals surface area contributed by atoms with Crippen LogP contribution in [0.1, 0.15) is 41.6 Å². The number of rotatable bonds is 6. The molecule has 0 aromatic heterocycles. The third-order valence-electron chi connectivity index (χ3n) is 3.24. The lowest BCUT2D eigenvalue weighted by Gasteiger charge is -2.15. The van der Waals surface area contributed by atoms with Crippen LogP contribution < -0.4 is 4.74 Å². The average Bonchev–Trinajstić information content (AvgIpc) is 2.39. The first kappa shape index (κ1) is 13.1. The fourth-order valence-corrected chi connectivity index (χ4v) is 2.24. The zero-order valence-corrected chi connectivity index (χ0v) is 10.9. The van der Waals surface area contributed by atoms with Crippen LogP contribution in [0.4, 0.5) is 0 Å². The molecule has 0 saturated carbocycles. The van der Waals surface area contributed by atoms with Crippen molar-refractivity contribution in [1.82, 2.24) is 0 Å². The Balaban J connectivity index is 1.90. The first-order chi connectivity index (χ1) is 8.81. The fraction of sp³-hybridized carbons (Fsp3) is 0.533. The fourth-order valence-electron chi connectivity index (χ4n) is 2.24. The number of benzene rings is 1. The normalized spacial score (nSPS) is 14.4. The lowest BCUT2D eigenvalue weighted by atomic mass is 9.90. The van der Waals surface area contributed by atoms with E-state index >= 15 is 0 Å². The summed E-state index contributed by atoms with van der Waals surface area (Å²) in [6, 6.07) is 5.89. The highest BCUT2D eigenvalue weighted by atomic mass is 16.5. The number of aryl methyl sites for hydroxylation is 1. The van der Waals surface area contributed by atoms with Crippen molar-refractivity contribution in [3.63, 3.8) is 0 Å². The summed E-state index contributed by atoms with van der Waals surface area (Å²) in [6.07, 6.45) is 4.63. The van der Waals surface area contributed by atoms with Gasteiger partial charge in [-0.25, -0.2) is 0 Å². The van der Waals surface area contributed by atoms with E-state index in [4.69, 9.17) is 9.47 Å². The number of hydrogen-bond donors (Lipinski definition) is 0. The SMILES string of the molecule is COCCCCOc1ccc2c(c1)C(=O)CCC2. The second-order valence-electron chi connectivity index (χ2n) is 4.64. The number of unbranched alkanes of at least 4 members (excludes halogenated alkanes) is 1. The number of carbonyl (C=O) groups is 1. The van der Waals surface area contributed by atoms with Crippen LogP contribution in [0.5, 0.6) is 5.75 Å². The van der Waals surface area contributed by atoms with E-state index < -0.39 is 0 Å². The molecule has 0 bridgehead atoms. The predicted molar refractivity (Wildman–Crippen MR) is 70.3 cm³/mol. The standard InChI is InChI=1S/C15H20O3/c1-17-9-2-3-10-18-13-8-7-12-5-4-6-15(16)14(12)11-13/h7-8,11H,2-6,9-10H2,1H3. The molecule has 0 heterocycles. The Morgan fingerprint density at radius 3 is 2.83 bits per heavy atom. The molecule has 0 fully saturated rings. The maximum atomic E-state index is 11.8. The molecule has 1 aliphatic carbocycles. The van der Waals surface area contributed by atoms with Gasteiger partial charge in [0.25, 0.3) is 0 Å². The van der Waals surface area contributed by atoms with Crippen molar-refractivity contribution >= 4 is 5.78 Å². The summed E-state index contributed by atoms with van der Waals surface area (Å²) >= 11 is 0. The molecule has 0 N–H and O–H groups in total. The Labute approximate surface area is 108 Å². The number of fused-ring (bicyclic) bond motifs is 1. The molecule has 0 radical (unpaired) electrons. The third kappa shape index (κ3) is 3.33. The first-order valence-corrected chi connectivity index (χ1v) is 6.59. The van der Waals surface area contributed by atoms with E-state index in [1.54, 1.807) is 7.11 Å². The Morgan fingerprint density at radius 1 is 1.17 bits per heavy atom. The molecule has 0 amide bonds. The number of hydrogen-bond acceptors (Lipinski definition) is 3. The number of Topliss-reactive ketones (excluding diaryl/α,β-unsaturated/α-hetero) is 1. The highest BCUT2D eigenvalue weighted by Crippen LogP contribution is 2.25. The van der Waals surface area contributed by atoms with E-state index in [2.05, 4.69) is 0 Å². The van der Waals surface area contributed by atoms with E-state index in [0.29, 0.717) is 13.0 Å². The zero-order chi connectivity index (χ0) is 12.8. The minimum Gasteiger partial charge on any atom is -0.494 e.